The molecule has 0 bridgehead atoms. The molecule has 0 aromatic carbocycles. The molecule has 6 heteroatoms. The number of carbonyl (C=O) groups excluding carboxylic acids is 1. The molecule has 2 rings (SSSR count). The standard InChI is InChI=1S/C11H14BrNO3S/c1-13(3-9-2-8(12)4-17-9)10(15)11(5-14)6-16-7-11/h2,4,14H,3,5-7H2,1H3. The molecule has 1 aliphatic heterocycles. The topological polar surface area (TPSA) is 49.8 Å². The van der Waals surface area contributed by atoms with Crippen molar-refractivity contribution < 1.29 is 14.6 Å². The van der Waals surface area contributed by atoms with Gasteiger partial charge in [-0.15, -0.1) is 11.3 Å². The highest BCUT2D eigenvalue weighted by Gasteiger charge is 2.46. The van der Waals surface area contributed by atoms with Gasteiger partial charge < -0.3 is 14.7 Å². The third-order valence-electron chi connectivity index (χ3n) is 2.87. The molecule has 0 radical (unpaired) electrons. The number of hydrogen-bond donors (Lipinski definition) is 1. The Morgan fingerprint density at radius 2 is 2.41 bits per heavy atom. The Bertz CT molecular complexity index is 411. The summed E-state index contributed by atoms with van der Waals surface area (Å²) >= 11 is 4.99. The van der Waals surface area contributed by atoms with Gasteiger partial charge in [-0.3, -0.25) is 4.79 Å². The number of thiophene rings is 1. The third kappa shape index (κ3) is 2.54. The summed E-state index contributed by atoms with van der Waals surface area (Å²) in [5.41, 5.74) is -0.705. The second-order valence-corrected chi connectivity index (χ2v) is 6.24. The number of halogens is 1. The Balaban J connectivity index is 2.00. The van der Waals surface area contributed by atoms with E-state index in [1.807, 2.05) is 11.4 Å². The molecule has 1 fully saturated rings. The van der Waals surface area contributed by atoms with E-state index in [0.717, 1.165) is 9.35 Å². The number of hydrogen-bond acceptors (Lipinski definition) is 4. The lowest BCUT2D eigenvalue weighted by atomic mass is 9.85. The van der Waals surface area contributed by atoms with Gasteiger partial charge in [-0.25, -0.2) is 0 Å². The van der Waals surface area contributed by atoms with E-state index in [9.17, 15) is 9.90 Å². The number of carbonyl (C=O) groups is 1. The molecule has 17 heavy (non-hydrogen) atoms. The van der Waals surface area contributed by atoms with Crippen LogP contribution in [-0.4, -0.2) is 42.8 Å². The number of aliphatic hydroxyl groups is 1. The van der Waals surface area contributed by atoms with E-state index >= 15 is 0 Å². The number of aliphatic hydroxyl groups excluding tert-OH is 1. The van der Waals surface area contributed by atoms with Crippen LogP contribution in [0, 0.1) is 5.41 Å². The molecule has 1 N–H and O–H groups in total. The number of nitrogens with zero attached hydrogens (tertiary/aromatic N) is 1. The second-order valence-electron chi connectivity index (χ2n) is 4.32. The Kier molecular flexibility index (Phi) is 3.87. The molecule has 2 heterocycles. The van der Waals surface area contributed by atoms with E-state index in [1.54, 1.807) is 23.3 Å². The maximum atomic E-state index is 12.2. The van der Waals surface area contributed by atoms with Gasteiger partial charge in [-0.2, -0.15) is 0 Å². The van der Waals surface area contributed by atoms with Crippen LogP contribution >= 0.6 is 27.3 Å². The van der Waals surface area contributed by atoms with Crippen molar-refractivity contribution in [3.8, 4) is 0 Å². The Hall–Kier alpha value is -0.430. The fourth-order valence-electron chi connectivity index (χ4n) is 1.78. The molecule has 0 atom stereocenters. The number of ether oxygens (including phenoxy) is 1. The first kappa shape index (κ1) is 13.0. The average Bonchev–Trinajstić information content (AvgIpc) is 2.63. The van der Waals surface area contributed by atoms with Crippen molar-refractivity contribution in [3.63, 3.8) is 0 Å². The Morgan fingerprint density at radius 1 is 1.71 bits per heavy atom. The number of amides is 1. The summed E-state index contributed by atoms with van der Waals surface area (Å²) < 4.78 is 6.07. The van der Waals surface area contributed by atoms with Gasteiger partial charge in [0.2, 0.25) is 5.91 Å². The quantitative estimate of drug-likeness (QED) is 0.914. The van der Waals surface area contributed by atoms with Gasteiger partial charge >= 0.3 is 0 Å². The summed E-state index contributed by atoms with van der Waals surface area (Å²) in [5.74, 6) is -0.0456. The van der Waals surface area contributed by atoms with Crippen LogP contribution in [0.15, 0.2) is 15.9 Å². The minimum atomic E-state index is -0.705. The molecule has 1 aromatic rings. The van der Waals surface area contributed by atoms with E-state index < -0.39 is 5.41 Å². The lowest BCUT2D eigenvalue weighted by molar-refractivity contribution is -0.179. The van der Waals surface area contributed by atoms with Crippen LogP contribution in [0.4, 0.5) is 0 Å². The zero-order valence-electron chi connectivity index (χ0n) is 9.48. The summed E-state index contributed by atoms with van der Waals surface area (Å²) in [5, 5.41) is 11.3. The SMILES string of the molecule is CN(Cc1cc(Br)cs1)C(=O)C1(CO)COC1. The Morgan fingerprint density at radius 3 is 2.82 bits per heavy atom. The van der Waals surface area contributed by atoms with E-state index in [-0.39, 0.29) is 12.5 Å². The molecule has 94 valence electrons. The van der Waals surface area contributed by atoms with Crippen molar-refractivity contribution in [1.29, 1.82) is 0 Å². The molecule has 4 nitrogen and oxygen atoms in total. The fourth-order valence-corrected chi connectivity index (χ4v) is 3.28. The molecule has 1 amide bonds. The smallest absolute Gasteiger partial charge is 0.235 e. The summed E-state index contributed by atoms with van der Waals surface area (Å²) in [6, 6.07) is 2.00. The molecule has 0 aliphatic carbocycles. The first-order valence-corrected chi connectivity index (χ1v) is 6.92. The molecule has 1 aliphatic rings. The van der Waals surface area contributed by atoms with Crippen molar-refractivity contribution in [3.05, 3.63) is 20.8 Å². The zero-order chi connectivity index (χ0) is 12.5. The molecule has 1 aromatic heterocycles. The zero-order valence-corrected chi connectivity index (χ0v) is 11.9. The van der Waals surface area contributed by atoms with Gasteiger partial charge in [0, 0.05) is 21.8 Å². The minimum Gasteiger partial charge on any atom is -0.395 e. The maximum Gasteiger partial charge on any atom is 0.235 e. The number of rotatable bonds is 4. The van der Waals surface area contributed by atoms with Crippen molar-refractivity contribution in [2.24, 2.45) is 5.41 Å². The van der Waals surface area contributed by atoms with Crippen LogP contribution in [0.2, 0.25) is 0 Å². The predicted octanol–water partition coefficient (Wildman–Crippen LogP) is 1.48. The van der Waals surface area contributed by atoms with E-state index in [2.05, 4.69) is 15.9 Å². The largest absolute Gasteiger partial charge is 0.395 e. The second kappa shape index (κ2) is 5.06. The van der Waals surface area contributed by atoms with Gasteiger partial charge in [0.15, 0.2) is 0 Å². The van der Waals surface area contributed by atoms with Crippen LogP contribution in [0.5, 0.6) is 0 Å². The normalized spacial score (nSPS) is 17.6. The molecule has 0 spiro atoms. The van der Waals surface area contributed by atoms with Gasteiger partial charge in [0.25, 0.3) is 0 Å². The first-order chi connectivity index (χ1) is 8.07. The molecule has 0 unspecified atom stereocenters. The molecular weight excluding hydrogens is 306 g/mol. The van der Waals surface area contributed by atoms with Crippen molar-refractivity contribution in [2.45, 2.75) is 6.54 Å². The monoisotopic (exact) mass is 319 g/mol. The maximum absolute atomic E-state index is 12.2. The van der Waals surface area contributed by atoms with Crippen molar-refractivity contribution >= 4 is 33.2 Å². The fraction of sp³-hybridized carbons (Fsp3) is 0.545. The molecular formula is C11H14BrNO3S. The highest BCUT2D eigenvalue weighted by Crippen LogP contribution is 2.30. The average molecular weight is 320 g/mol. The highest BCUT2D eigenvalue weighted by atomic mass is 79.9. The first-order valence-electron chi connectivity index (χ1n) is 5.24. The van der Waals surface area contributed by atoms with Crippen LogP contribution < -0.4 is 0 Å². The Labute approximate surface area is 112 Å². The van der Waals surface area contributed by atoms with E-state index in [1.165, 1.54) is 0 Å². The van der Waals surface area contributed by atoms with Crippen molar-refractivity contribution in [1.82, 2.24) is 4.90 Å². The van der Waals surface area contributed by atoms with Gasteiger partial charge in [0.1, 0.15) is 5.41 Å². The summed E-state index contributed by atoms with van der Waals surface area (Å²) in [7, 11) is 1.76. The van der Waals surface area contributed by atoms with Gasteiger partial charge in [0.05, 0.1) is 26.4 Å². The van der Waals surface area contributed by atoms with Crippen LogP contribution in [0.1, 0.15) is 4.88 Å². The lowest BCUT2D eigenvalue weighted by Gasteiger charge is -2.40. The highest BCUT2D eigenvalue weighted by molar-refractivity contribution is 9.10. The lowest BCUT2D eigenvalue weighted by Crippen LogP contribution is -2.56. The summed E-state index contributed by atoms with van der Waals surface area (Å²) in [6.07, 6.45) is 0. The van der Waals surface area contributed by atoms with Gasteiger partial charge in [-0.05, 0) is 22.0 Å². The van der Waals surface area contributed by atoms with Crippen LogP contribution in [-0.2, 0) is 16.1 Å². The predicted molar refractivity (Wildman–Crippen MR) is 68.8 cm³/mol. The van der Waals surface area contributed by atoms with Crippen LogP contribution in [0.3, 0.4) is 0 Å². The minimum absolute atomic E-state index is 0.0456. The third-order valence-corrected chi connectivity index (χ3v) is 4.56. The molecule has 0 saturated carbocycles. The van der Waals surface area contributed by atoms with E-state index in [4.69, 9.17) is 4.74 Å². The summed E-state index contributed by atoms with van der Waals surface area (Å²) in [4.78, 5) is 14.9. The summed E-state index contributed by atoms with van der Waals surface area (Å²) in [6.45, 7) is 1.06. The van der Waals surface area contributed by atoms with Crippen molar-refractivity contribution in [2.75, 3.05) is 26.9 Å². The molecule has 1 saturated heterocycles. The van der Waals surface area contributed by atoms with E-state index in [0.29, 0.717) is 19.8 Å². The van der Waals surface area contributed by atoms with Crippen LogP contribution in [0.25, 0.3) is 0 Å². The van der Waals surface area contributed by atoms with Gasteiger partial charge in [-0.1, -0.05) is 0 Å².